The lowest BCUT2D eigenvalue weighted by atomic mass is 9.99. The molecule has 0 aliphatic heterocycles. The average molecular weight is 260 g/mol. The van der Waals surface area contributed by atoms with Crippen LogP contribution in [0.2, 0.25) is 0 Å². The zero-order valence-electron chi connectivity index (χ0n) is 10.9. The molecule has 0 spiro atoms. The molecule has 0 aromatic heterocycles. The number of carboxylic acids is 1. The number of hydrogen-bond donors (Lipinski definition) is 3. The molecule has 0 aliphatic carbocycles. The molecular weight excluding hydrogens is 240 g/mol. The van der Waals surface area contributed by atoms with Crippen molar-refractivity contribution < 1.29 is 24.2 Å². The second-order valence-corrected chi connectivity index (χ2v) is 3.83. The van der Waals surface area contributed by atoms with Crippen LogP contribution in [0.25, 0.3) is 0 Å². The van der Waals surface area contributed by atoms with Crippen LogP contribution in [0.5, 0.6) is 0 Å². The van der Waals surface area contributed by atoms with Gasteiger partial charge >= 0.3 is 18.0 Å². The average Bonchev–Trinajstić information content (AvgIpc) is 2.32. The first-order valence-electron chi connectivity index (χ1n) is 5.85. The molecule has 18 heavy (non-hydrogen) atoms. The van der Waals surface area contributed by atoms with Crippen molar-refractivity contribution in [3.8, 4) is 0 Å². The Morgan fingerprint density at radius 2 is 1.89 bits per heavy atom. The molecule has 0 unspecified atom stereocenters. The van der Waals surface area contributed by atoms with E-state index in [1.807, 2.05) is 6.92 Å². The Morgan fingerprint density at radius 3 is 2.33 bits per heavy atom. The van der Waals surface area contributed by atoms with Gasteiger partial charge in [0.1, 0.15) is 12.6 Å². The summed E-state index contributed by atoms with van der Waals surface area (Å²) < 4.78 is 4.62. The Kier molecular flexibility index (Phi) is 7.50. The van der Waals surface area contributed by atoms with Crippen molar-refractivity contribution in [1.29, 1.82) is 0 Å². The van der Waals surface area contributed by atoms with Gasteiger partial charge < -0.3 is 20.5 Å². The normalized spacial score (nSPS) is 13.3. The van der Waals surface area contributed by atoms with Crippen LogP contribution in [-0.4, -0.2) is 42.3 Å². The number of carboxylic acid groups (broad SMARTS) is 1. The fourth-order valence-electron chi connectivity index (χ4n) is 1.24. The quantitative estimate of drug-likeness (QED) is 0.573. The molecule has 0 aromatic carbocycles. The lowest BCUT2D eigenvalue weighted by Crippen LogP contribution is -2.50. The highest BCUT2D eigenvalue weighted by atomic mass is 16.5. The van der Waals surface area contributed by atoms with Crippen molar-refractivity contribution in [2.75, 3.05) is 13.2 Å². The smallest absolute Gasteiger partial charge is 0.326 e. The van der Waals surface area contributed by atoms with Gasteiger partial charge in [-0.15, -0.1) is 0 Å². The highest BCUT2D eigenvalue weighted by Gasteiger charge is 2.25. The molecule has 3 N–H and O–H groups in total. The predicted molar refractivity (Wildman–Crippen MR) is 64.0 cm³/mol. The first kappa shape index (κ1) is 16.2. The van der Waals surface area contributed by atoms with Crippen LogP contribution in [0, 0.1) is 5.92 Å². The van der Waals surface area contributed by atoms with Crippen LogP contribution in [0.15, 0.2) is 0 Å². The number of nitrogens with one attached hydrogen (secondary N) is 2. The molecule has 0 saturated heterocycles. The second kappa shape index (κ2) is 8.32. The number of rotatable bonds is 7. The van der Waals surface area contributed by atoms with Crippen LogP contribution < -0.4 is 10.6 Å². The van der Waals surface area contributed by atoms with Crippen molar-refractivity contribution in [2.45, 2.75) is 33.2 Å². The van der Waals surface area contributed by atoms with Crippen LogP contribution in [0.4, 0.5) is 4.79 Å². The van der Waals surface area contributed by atoms with Gasteiger partial charge in [-0.1, -0.05) is 20.3 Å². The van der Waals surface area contributed by atoms with Crippen LogP contribution in [0.3, 0.4) is 0 Å². The fourth-order valence-corrected chi connectivity index (χ4v) is 1.24. The van der Waals surface area contributed by atoms with E-state index in [0.29, 0.717) is 6.42 Å². The monoisotopic (exact) mass is 260 g/mol. The van der Waals surface area contributed by atoms with Gasteiger partial charge in [0.2, 0.25) is 0 Å². The van der Waals surface area contributed by atoms with E-state index in [9.17, 15) is 14.4 Å². The number of ether oxygens (including phenoxy) is 1. The Labute approximate surface area is 106 Å². The molecule has 0 rings (SSSR count). The van der Waals surface area contributed by atoms with Crippen LogP contribution in [-0.2, 0) is 14.3 Å². The standard InChI is InChI=1S/C11H20N2O5/c1-4-7(3)9(10(15)16)13-11(17)12-6-8(14)18-5-2/h7,9H,4-6H2,1-3H3,(H,15,16)(H2,12,13,17)/t7-,9-/m0/s1. The third kappa shape index (κ3) is 6.07. The highest BCUT2D eigenvalue weighted by Crippen LogP contribution is 2.07. The Balaban J connectivity index is 4.19. The van der Waals surface area contributed by atoms with Gasteiger partial charge in [-0.25, -0.2) is 9.59 Å². The summed E-state index contributed by atoms with van der Waals surface area (Å²) >= 11 is 0. The van der Waals surface area contributed by atoms with Gasteiger partial charge in [-0.2, -0.15) is 0 Å². The summed E-state index contributed by atoms with van der Waals surface area (Å²) in [5.41, 5.74) is 0. The van der Waals surface area contributed by atoms with E-state index in [0.717, 1.165) is 0 Å². The Hall–Kier alpha value is -1.79. The predicted octanol–water partition coefficient (Wildman–Crippen LogP) is 0.348. The zero-order chi connectivity index (χ0) is 14.1. The molecule has 0 heterocycles. The summed E-state index contributed by atoms with van der Waals surface area (Å²) in [6.45, 7) is 5.16. The minimum atomic E-state index is -1.10. The van der Waals surface area contributed by atoms with E-state index in [4.69, 9.17) is 5.11 Å². The number of aliphatic carboxylic acids is 1. The molecule has 7 heteroatoms. The van der Waals surface area contributed by atoms with Crippen LogP contribution >= 0.6 is 0 Å². The fraction of sp³-hybridized carbons (Fsp3) is 0.727. The largest absolute Gasteiger partial charge is 0.480 e. The maximum atomic E-state index is 11.4. The van der Waals surface area contributed by atoms with Gasteiger partial charge in [0, 0.05) is 0 Å². The number of amides is 2. The van der Waals surface area contributed by atoms with Crippen LogP contribution in [0.1, 0.15) is 27.2 Å². The van der Waals surface area contributed by atoms with Crippen molar-refractivity contribution in [3.05, 3.63) is 0 Å². The van der Waals surface area contributed by atoms with E-state index in [1.165, 1.54) is 0 Å². The zero-order valence-corrected chi connectivity index (χ0v) is 10.9. The maximum absolute atomic E-state index is 11.4. The van der Waals surface area contributed by atoms with Gasteiger partial charge in [0.15, 0.2) is 0 Å². The van der Waals surface area contributed by atoms with E-state index in [2.05, 4.69) is 15.4 Å². The number of hydrogen-bond acceptors (Lipinski definition) is 4. The summed E-state index contributed by atoms with van der Waals surface area (Å²) in [6, 6.07) is -1.67. The van der Waals surface area contributed by atoms with E-state index in [1.54, 1.807) is 13.8 Å². The summed E-state index contributed by atoms with van der Waals surface area (Å²) in [6.07, 6.45) is 0.620. The third-order valence-electron chi connectivity index (χ3n) is 2.46. The molecule has 0 radical (unpaired) electrons. The molecular formula is C11H20N2O5. The molecule has 0 aromatic rings. The summed E-state index contributed by atoms with van der Waals surface area (Å²) in [7, 11) is 0. The third-order valence-corrected chi connectivity index (χ3v) is 2.46. The first-order valence-corrected chi connectivity index (χ1v) is 5.85. The SMILES string of the molecule is CCOC(=O)CNC(=O)N[C@H](C(=O)O)[C@@H](C)CC. The Morgan fingerprint density at radius 1 is 1.28 bits per heavy atom. The lowest BCUT2D eigenvalue weighted by Gasteiger charge is -2.20. The molecule has 2 atom stereocenters. The summed E-state index contributed by atoms with van der Waals surface area (Å²) in [5, 5.41) is 13.5. The van der Waals surface area contributed by atoms with E-state index >= 15 is 0 Å². The maximum Gasteiger partial charge on any atom is 0.326 e. The highest BCUT2D eigenvalue weighted by molar-refractivity contribution is 5.85. The van der Waals surface area contributed by atoms with Crippen molar-refractivity contribution >= 4 is 18.0 Å². The van der Waals surface area contributed by atoms with Gasteiger partial charge in [-0.05, 0) is 12.8 Å². The lowest BCUT2D eigenvalue weighted by molar-refractivity contribution is -0.141. The van der Waals surface area contributed by atoms with Crippen molar-refractivity contribution in [2.24, 2.45) is 5.92 Å². The summed E-state index contributed by atoms with van der Waals surface area (Å²) in [5.74, 6) is -1.87. The molecule has 0 aliphatic rings. The van der Waals surface area contributed by atoms with Crippen molar-refractivity contribution in [3.63, 3.8) is 0 Å². The number of esters is 1. The molecule has 7 nitrogen and oxygen atoms in total. The molecule has 0 fully saturated rings. The molecule has 0 bridgehead atoms. The molecule has 0 saturated carbocycles. The van der Waals surface area contributed by atoms with Crippen molar-refractivity contribution in [1.82, 2.24) is 10.6 Å². The molecule has 104 valence electrons. The van der Waals surface area contributed by atoms with E-state index < -0.39 is 24.0 Å². The van der Waals surface area contributed by atoms with Gasteiger partial charge in [0.25, 0.3) is 0 Å². The topological polar surface area (TPSA) is 105 Å². The second-order valence-electron chi connectivity index (χ2n) is 3.83. The van der Waals surface area contributed by atoms with Gasteiger partial charge in [0.05, 0.1) is 6.61 Å². The minimum Gasteiger partial charge on any atom is -0.480 e. The number of urea groups is 1. The Bertz CT molecular complexity index is 306. The van der Waals surface area contributed by atoms with E-state index in [-0.39, 0.29) is 19.1 Å². The molecule has 2 amide bonds. The first-order chi connectivity index (χ1) is 8.42. The number of carbonyl (C=O) groups is 3. The summed E-state index contributed by atoms with van der Waals surface area (Å²) in [4.78, 5) is 33.3. The van der Waals surface area contributed by atoms with Gasteiger partial charge in [-0.3, -0.25) is 4.79 Å². The minimum absolute atomic E-state index is 0.198. The number of carbonyl (C=O) groups excluding carboxylic acids is 2.